The summed E-state index contributed by atoms with van der Waals surface area (Å²) in [5, 5.41) is 12.5. The van der Waals surface area contributed by atoms with Crippen LogP contribution in [0.15, 0.2) is 12.1 Å². The lowest BCUT2D eigenvalue weighted by molar-refractivity contribution is -0.141. The van der Waals surface area contributed by atoms with Gasteiger partial charge in [0.1, 0.15) is 11.9 Å². The quantitative estimate of drug-likeness (QED) is 0.868. The largest absolute Gasteiger partial charge is 0.383 e. The molecular weight excluding hydrogens is 282 g/mol. The smallest absolute Gasteiger partial charge is 0.251 e. The van der Waals surface area contributed by atoms with E-state index in [0.717, 1.165) is 37.8 Å². The van der Waals surface area contributed by atoms with E-state index in [1.54, 1.807) is 6.07 Å². The number of nitrogens with zero attached hydrogens (tertiary/aromatic N) is 2. The molecule has 1 atom stereocenters. The average molecular weight is 303 g/mol. The molecule has 1 aliphatic heterocycles. The molecule has 1 saturated heterocycles. The van der Waals surface area contributed by atoms with Crippen LogP contribution in [-0.2, 0) is 22.4 Å². The molecule has 1 aromatic rings. The summed E-state index contributed by atoms with van der Waals surface area (Å²) >= 11 is 0. The van der Waals surface area contributed by atoms with E-state index >= 15 is 0 Å². The van der Waals surface area contributed by atoms with Crippen molar-refractivity contribution in [2.24, 2.45) is 0 Å². The van der Waals surface area contributed by atoms with E-state index < -0.39 is 6.10 Å². The number of likely N-dealkylation sites (tertiary alicyclic amines) is 1. The predicted octanol–water partition coefficient (Wildman–Crippen LogP) is 0.882. The minimum atomic E-state index is -0.978. The SMILES string of the molecule is O=C(CN1CCCCC(O)C1=O)Nc1ccc2c(n1)CCC2. The summed E-state index contributed by atoms with van der Waals surface area (Å²) in [4.78, 5) is 30.0. The summed E-state index contributed by atoms with van der Waals surface area (Å²) in [7, 11) is 0. The van der Waals surface area contributed by atoms with Gasteiger partial charge in [0, 0.05) is 12.2 Å². The van der Waals surface area contributed by atoms with Crippen LogP contribution in [0.3, 0.4) is 0 Å². The number of aromatic nitrogens is 1. The first kappa shape index (κ1) is 15.0. The van der Waals surface area contributed by atoms with Gasteiger partial charge in [-0.2, -0.15) is 0 Å². The van der Waals surface area contributed by atoms with E-state index in [0.29, 0.717) is 18.8 Å². The van der Waals surface area contributed by atoms with Crippen molar-refractivity contribution in [2.45, 2.75) is 44.6 Å². The molecule has 0 bridgehead atoms. The Kier molecular flexibility index (Phi) is 4.38. The number of anilines is 1. The fourth-order valence-corrected chi connectivity index (χ4v) is 3.09. The first-order chi connectivity index (χ1) is 10.6. The highest BCUT2D eigenvalue weighted by atomic mass is 16.3. The molecule has 6 heteroatoms. The molecule has 1 fully saturated rings. The van der Waals surface area contributed by atoms with Crippen LogP contribution >= 0.6 is 0 Å². The Morgan fingerprint density at radius 3 is 3.05 bits per heavy atom. The first-order valence-electron chi connectivity index (χ1n) is 7.89. The van der Waals surface area contributed by atoms with Crippen LogP contribution < -0.4 is 5.32 Å². The van der Waals surface area contributed by atoms with Gasteiger partial charge >= 0.3 is 0 Å². The van der Waals surface area contributed by atoms with Gasteiger partial charge in [-0.05, 0) is 50.2 Å². The predicted molar refractivity (Wildman–Crippen MR) is 81.3 cm³/mol. The van der Waals surface area contributed by atoms with E-state index in [2.05, 4.69) is 10.3 Å². The number of aryl methyl sites for hydroxylation is 2. The Morgan fingerprint density at radius 1 is 1.32 bits per heavy atom. The summed E-state index contributed by atoms with van der Waals surface area (Å²) in [6, 6.07) is 3.81. The Balaban J connectivity index is 1.61. The van der Waals surface area contributed by atoms with Crippen molar-refractivity contribution < 1.29 is 14.7 Å². The lowest BCUT2D eigenvalue weighted by atomic mass is 10.2. The van der Waals surface area contributed by atoms with Gasteiger partial charge in [-0.1, -0.05) is 6.07 Å². The number of pyridine rings is 1. The van der Waals surface area contributed by atoms with Crippen LogP contribution in [0.2, 0.25) is 0 Å². The molecule has 1 aliphatic carbocycles. The van der Waals surface area contributed by atoms with Gasteiger partial charge in [-0.3, -0.25) is 9.59 Å². The molecule has 3 rings (SSSR count). The molecule has 0 aromatic carbocycles. The van der Waals surface area contributed by atoms with Gasteiger partial charge in [-0.25, -0.2) is 4.98 Å². The number of carbonyl (C=O) groups excluding carboxylic acids is 2. The molecule has 2 heterocycles. The molecule has 2 N–H and O–H groups in total. The molecule has 6 nitrogen and oxygen atoms in total. The Hall–Kier alpha value is -1.95. The number of fused-ring (bicyclic) bond motifs is 1. The van der Waals surface area contributed by atoms with E-state index in [-0.39, 0.29) is 18.4 Å². The number of carbonyl (C=O) groups is 2. The van der Waals surface area contributed by atoms with E-state index in [1.165, 1.54) is 10.5 Å². The number of rotatable bonds is 3. The van der Waals surface area contributed by atoms with E-state index in [1.807, 2.05) is 6.07 Å². The highest BCUT2D eigenvalue weighted by Crippen LogP contribution is 2.21. The first-order valence-corrected chi connectivity index (χ1v) is 7.89. The van der Waals surface area contributed by atoms with E-state index in [9.17, 15) is 14.7 Å². The van der Waals surface area contributed by atoms with Crippen LogP contribution in [0, 0.1) is 0 Å². The Bertz CT molecular complexity index is 588. The molecule has 0 saturated carbocycles. The third-order valence-corrected chi connectivity index (χ3v) is 4.28. The van der Waals surface area contributed by atoms with Gasteiger partial charge in [-0.15, -0.1) is 0 Å². The average Bonchev–Trinajstić information content (AvgIpc) is 2.90. The maximum absolute atomic E-state index is 12.1. The molecule has 1 unspecified atom stereocenters. The summed E-state index contributed by atoms with van der Waals surface area (Å²) in [6.07, 6.45) is 4.23. The molecule has 0 spiro atoms. The lowest BCUT2D eigenvalue weighted by Gasteiger charge is -2.21. The van der Waals surface area contributed by atoms with Crippen LogP contribution in [0.1, 0.15) is 36.9 Å². The zero-order valence-electron chi connectivity index (χ0n) is 12.5. The number of hydrogen-bond acceptors (Lipinski definition) is 4. The van der Waals surface area contributed by atoms with Gasteiger partial charge in [0.25, 0.3) is 5.91 Å². The van der Waals surface area contributed by atoms with Crippen molar-refractivity contribution in [3.8, 4) is 0 Å². The van der Waals surface area contributed by atoms with Crippen molar-refractivity contribution in [1.29, 1.82) is 0 Å². The molecule has 118 valence electrons. The van der Waals surface area contributed by atoms with Crippen molar-refractivity contribution in [1.82, 2.24) is 9.88 Å². The zero-order chi connectivity index (χ0) is 15.5. The van der Waals surface area contributed by atoms with Crippen molar-refractivity contribution in [3.63, 3.8) is 0 Å². The summed E-state index contributed by atoms with van der Waals surface area (Å²) in [5.74, 6) is -0.0871. The van der Waals surface area contributed by atoms with Crippen LogP contribution in [0.25, 0.3) is 0 Å². The van der Waals surface area contributed by atoms with Crippen molar-refractivity contribution in [2.75, 3.05) is 18.4 Å². The number of aliphatic hydroxyl groups excluding tert-OH is 1. The second kappa shape index (κ2) is 6.44. The lowest BCUT2D eigenvalue weighted by Crippen LogP contribution is -2.42. The van der Waals surface area contributed by atoms with E-state index in [4.69, 9.17) is 0 Å². The maximum atomic E-state index is 12.1. The molecule has 2 amide bonds. The molecule has 2 aliphatic rings. The monoisotopic (exact) mass is 303 g/mol. The summed E-state index contributed by atoms with van der Waals surface area (Å²) in [5.41, 5.74) is 2.31. The topological polar surface area (TPSA) is 82.5 Å². The maximum Gasteiger partial charge on any atom is 0.251 e. The summed E-state index contributed by atoms with van der Waals surface area (Å²) < 4.78 is 0. The van der Waals surface area contributed by atoms with Crippen LogP contribution in [0.4, 0.5) is 5.82 Å². The number of hydrogen-bond donors (Lipinski definition) is 2. The van der Waals surface area contributed by atoms with Gasteiger partial charge < -0.3 is 15.3 Å². The third kappa shape index (κ3) is 3.27. The zero-order valence-corrected chi connectivity index (χ0v) is 12.5. The van der Waals surface area contributed by atoms with Crippen molar-refractivity contribution in [3.05, 3.63) is 23.4 Å². The van der Waals surface area contributed by atoms with Gasteiger partial charge in [0.2, 0.25) is 5.91 Å². The number of amides is 2. The molecule has 0 radical (unpaired) electrons. The Morgan fingerprint density at radius 2 is 2.18 bits per heavy atom. The standard InChI is InChI=1S/C16H21N3O3/c20-13-6-1-2-9-19(16(13)22)10-15(21)18-14-8-7-11-4-3-5-12(11)17-14/h7-8,13,20H,1-6,9-10H2,(H,17,18,21). The minimum Gasteiger partial charge on any atom is -0.383 e. The second-order valence-electron chi connectivity index (χ2n) is 5.98. The molecular formula is C16H21N3O3. The van der Waals surface area contributed by atoms with Gasteiger partial charge in [0.15, 0.2) is 0 Å². The highest BCUT2D eigenvalue weighted by molar-refractivity contribution is 5.94. The van der Waals surface area contributed by atoms with Crippen molar-refractivity contribution >= 4 is 17.6 Å². The minimum absolute atomic E-state index is 0.0331. The van der Waals surface area contributed by atoms with Gasteiger partial charge in [0.05, 0.1) is 6.54 Å². The fraction of sp³-hybridized carbons (Fsp3) is 0.562. The normalized spacial score (nSPS) is 21.4. The number of aliphatic hydroxyl groups is 1. The van der Waals surface area contributed by atoms with Crippen LogP contribution in [-0.4, -0.2) is 46.0 Å². The van der Waals surface area contributed by atoms with Crippen LogP contribution in [0.5, 0.6) is 0 Å². The third-order valence-electron chi connectivity index (χ3n) is 4.28. The Labute approximate surface area is 129 Å². The molecule has 22 heavy (non-hydrogen) atoms. The second-order valence-corrected chi connectivity index (χ2v) is 5.98. The highest BCUT2D eigenvalue weighted by Gasteiger charge is 2.26. The molecule has 1 aromatic heterocycles. The number of nitrogens with one attached hydrogen (secondary N) is 1. The fourth-order valence-electron chi connectivity index (χ4n) is 3.09. The summed E-state index contributed by atoms with van der Waals surface area (Å²) in [6.45, 7) is 0.482.